The number of hydrogen-bond donors (Lipinski definition) is 0. The number of piperazine rings is 1. The summed E-state index contributed by atoms with van der Waals surface area (Å²) in [6.45, 7) is 7.59. The summed E-state index contributed by atoms with van der Waals surface area (Å²) in [5.41, 5.74) is 1.73. The molecule has 3 fully saturated rings. The number of rotatable bonds is 4. The molecule has 4 heterocycles. The first-order chi connectivity index (χ1) is 15.6. The zero-order chi connectivity index (χ0) is 21.7. The summed E-state index contributed by atoms with van der Waals surface area (Å²) < 4.78 is 7.24. The van der Waals surface area contributed by atoms with E-state index in [9.17, 15) is 5.26 Å². The lowest BCUT2D eigenvalue weighted by atomic mass is 9.65. The van der Waals surface area contributed by atoms with Crippen molar-refractivity contribution in [3.05, 3.63) is 41.9 Å². The van der Waals surface area contributed by atoms with Gasteiger partial charge in [-0.3, -0.25) is 4.90 Å². The van der Waals surface area contributed by atoms with Crippen LogP contribution in [0.1, 0.15) is 30.7 Å². The molecule has 0 radical (unpaired) electrons. The zero-order valence-corrected chi connectivity index (χ0v) is 18.4. The second-order valence-electron chi connectivity index (χ2n) is 9.22. The topological polar surface area (TPSA) is 83.1 Å². The van der Waals surface area contributed by atoms with Crippen LogP contribution in [0.5, 0.6) is 0 Å². The van der Waals surface area contributed by atoms with Crippen molar-refractivity contribution < 1.29 is 4.74 Å². The highest BCUT2D eigenvalue weighted by molar-refractivity contribution is 5.81. The van der Waals surface area contributed by atoms with Crippen LogP contribution in [0.2, 0.25) is 0 Å². The van der Waals surface area contributed by atoms with E-state index in [1.165, 1.54) is 0 Å². The van der Waals surface area contributed by atoms with E-state index < -0.39 is 0 Å². The molecule has 0 amide bonds. The van der Waals surface area contributed by atoms with Gasteiger partial charge in [-0.25, -0.2) is 14.6 Å². The van der Waals surface area contributed by atoms with Gasteiger partial charge in [0.1, 0.15) is 11.6 Å². The van der Waals surface area contributed by atoms with Crippen LogP contribution in [0, 0.1) is 18.3 Å². The number of benzene rings is 1. The highest BCUT2D eigenvalue weighted by Crippen LogP contribution is 2.43. The van der Waals surface area contributed by atoms with Gasteiger partial charge in [0.25, 0.3) is 0 Å². The number of aromatic nitrogens is 4. The van der Waals surface area contributed by atoms with Gasteiger partial charge in [0.05, 0.1) is 42.5 Å². The number of fused-ring (bicyclic) bond motifs is 1. The molecule has 8 nitrogen and oxygen atoms in total. The fourth-order valence-electron chi connectivity index (χ4n) is 5.05. The second-order valence-corrected chi connectivity index (χ2v) is 9.22. The summed E-state index contributed by atoms with van der Waals surface area (Å²) in [5, 5.41) is 15.5. The molecule has 0 unspecified atom stereocenters. The number of aryl methyl sites for hydroxylation is 1. The average Bonchev–Trinajstić information content (AvgIpc) is 3.16. The van der Waals surface area contributed by atoms with E-state index in [1.54, 1.807) is 0 Å². The van der Waals surface area contributed by atoms with Crippen molar-refractivity contribution in [2.75, 3.05) is 44.3 Å². The van der Waals surface area contributed by atoms with Gasteiger partial charge >= 0.3 is 0 Å². The molecular weight excluding hydrogens is 402 g/mol. The van der Waals surface area contributed by atoms with Crippen molar-refractivity contribution in [3.8, 4) is 11.9 Å². The predicted molar refractivity (Wildman–Crippen MR) is 121 cm³/mol. The number of anilines is 1. The molecule has 6 rings (SSSR count). The molecule has 1 saturated carbocycles. The maximum atomic E-state index is 9.78. The molecule has 1 aliphatic carbocycles. The first-order valence-corrected chi connectivity index (χ1v) is 11.5. The molecule has 2 aromatic heterocycles. The van der Waals surface area contributed by atoms with Crippen LogP contribution >= 0.6 is 0 Å². The molecule has 2 aliphatic heterocycles. The Labute approximate surface area is 187 Å². The second kappa shape index (κ2) is 7.54. The molecular formula is C24H27N7O. The van der Waals surface area contributed by atoms with Crippen LogP contribution < -0.4 is 4.90 Å². The van der Waals surface area contributed by atoms with Gasteiger partial charge in [0, 0.05) is 37.6 Å². The molecule has 164 valence electrons. The van der Waals surface area contributed by atoms with Crippen molar-refractivity contribution in [1.82, 2.24) is 24.6 Å². The first kappa shape index (κ1) is 19.6. The van der Waals surface area contributed by atoms with E-state index >= 15 is 0 Å². The molecule has 8 heteroatoms. The first-order valence-electron chi connectivity index (χ1n) is 11.5. The Morgan fingerprint density at radius 3 is 2.50 bits per heavy atom. The monoisotopic (exact) mass is 429 g/mol. The van der Waals surface area contributed by atoms with Gasteiger partial charge in [0.15, 0.2) is 5.82 Å². The summed E-state index contributed by atoms with van der Waals surface area (Å²) in [7, 11) is 0. The van der Waals surface area contributed by atoms with Crippen molar-refractivity contribution in [2.24, 2.45) is 0 Å². The summed E-state index contributed by atoms with van der Waals surface area (Å²) in [6, 6.07) is 11.5. The molecule has 3 aromatic rings. The van der Waals surface area contributed by atoms with Crippen molar-refractivity contribution >= 4 is 16.7 Å². The standard InChI is InChI=1S/C24H27N7O/c1-17-27-22(30-9-7-29(8-10-30)20-14-32-15-20)12-23(28-17)31-21-11-19(4-3-18(21)13-26-31)24(16-25)5-2-6-24/h3-4,11-13,20H,2,5-10,14-15H2,1H3. The minimum Gasteiger partial charge on any atom is -0.378 e. The third kappa shape index (κ3) is 3.15. The number of ether oxygens (including phenoxy) is 1. The quantitative estimate of drug-likeness (QED) is 0.630. The molecule has 0 bridgehead atoms. The van der Waals surface area contributed by atoms with Crippen LogP contribution in [-0.2, 0) is 10.2 Å². The van der Waals surface area contributed by atoms with E-state index in [0.29, 0.717) is 6.04 Å². The molecule has 3 aliphatic rings. The fraction of sp³-hybridized carbons (Fsp3) is 0.500. The van der Waals surface area contributed by atoms with Gasteiger partial charge in [-0.15, -0.1) is 0 Å². The summed E-state index contributed by atoms with van der Waals surface area (Å²) in [4.78, 5) is 14.3. The Bertz CT molecular complexity index is 1200. The maximum absolute atomic E-state index is 9.78. The SMILES string of the molecule is Cc1nc(N2CCN(C3COC3)CC2)cc(-n2ncc3ccc(C4(C#N)CCC4)cc32)n1. The third-order valence-electron chi connectivity index (χ3n) is 7.35. The Hall–Kier alpha value is -3.02. The molecule has 2 saturated heterocycles. The maximum Gasteiger partial charge on any atom is 0.159 e. The van der Waals surface area contributed by atoms with E-state index in [-0.39, 0.29) is 5.41 Å². The molecule has 1 aromatic carbocycles. The Kier molecular flexibility index (Phi) is 4.63. The smallest absolute Gasteiger partial charge is 0.159 e. The van der Waals surface area contributed by atoms with Gasteiger partial charge in [-0.1, -0.05) is 12.1 Å². The van der Waals surface area contributed by atoms with Gasteiger partial charge in [0.2, 0.25) is 0 Å². The lowest BCUT2D eigenvalue weighted by Crippen LogP contribution is -2.56. The van der Waals surface area contributed by atoms with Gasteiger partial charge in [-0.05, 0) is 37.8 Å². The number of nitriles is 1. The molecule has 0 spiro atoms. The Morgan fingerprint density at radius 2 is 1.84 bits per heavy atom. The average molecular weight is 430 g/mol. The molecule has 0 N–H and O–H groups in total. The van der Waals surface area contributed by atoms with Crippen LogP contribution in [0.4, 0.5) is 5.82 Å². The third-order valence-corrected chi connectivity index (χ3v) is 7.35. The summed E-state index contributed by atoms with van der Waals surface area (Å²) in [5.74, 6) is 2.46. The van der Waals surface area contributed by atoms with Crippen LogP contribution in [-0.4, -0.2) is 70.1 Å². The van der Waals surface area contributed by atoms with E-state index in [4.69, 9.17) is 14.7 Å². The Morgan fingerprint density at radius 1 is 1.06 bits per heavy atom. The van der Waals surface area contributed by atoms with Gasteiger partial charge in [-0.2, -0.15) is 10.4 Å². The Balaban J connectivity index is 1.31. The minimum atomic E-state index is -0.346. The van der Waals surface area contributed by atoms with Crippen LogP contribution in [0.15, 0.2) is 30.5 Å². The summed E-state index contributed by atoms with van der Waals surface area (Å²) in [6.07, 6.45) is 4.84. The van der Waals surface area contributed by atoms with E-state index in [2.05, 4.69) is 39.2 Å². The minimum absolute atomic E-state index is 0.346. The lowest BCUT2D eigenvalue weighted by molar-refractivity contribution is -0.0661. The highest BCUT2D eigenvalue weighted by atomic mass is 16.5. The molecule has 32 heavy (non-hydrogen) atoms. The van der Waals surface area contributed by atoms with Crippen molar-refractivity contribution in [1.29, 1.82) is 5.26 Å². The van der Waals surface area contributed by atoms with Gasteiger partial charge < -0.3 is 9.64 Å². The van der Waals surface area contributed by atoms with Crippen molar-refractivity contribution in [3.63, 3.8) is 0 Å². The number of hydrogen-bond acceptors (Lipinski definition) is 7. The largest absolute Gasteiger partial charge is 0.378 e. The van der Waals surface area contributed by atoms with Crippen LogP contribution in [0.3, 0.4) is 0 Å². The summed E-state index contributed by atoms with van der Waals surface area (Å²) >= 11 is 0. The van der Waals surface area contributed by atoms with E-state index in [1.807, 2.05) is 23.9 Å². The fourth-order valence-corrected chi connectivity index (χ4v) is 5.05. The zero-order valence-electron chi connectivity index (χ0n) is 18.4. The van der Waals surface area contributed by atoms with Crippen molar-refractivity contribution in [2.45, 2.75) is 37.6 Å². The molecule has 0 atom stereocenters. The predicted octanol–water partition coefficient (Wildman–Crippen LogP) is 2.59. The van der Waals surface area contributed by atoms with Crippen LogP contribution in [0.25, 0.3) is 16.7 Å². The van der Waals surface area contributed by atoms with E-state index in [0.717, 1.165) is 92.6 Å². The number of nitrogens with zero attached hydrogens (tertiary/aromatic N) is 7. The lowest BCUT2D eigenvalue weighted by Gasteiger charge is -2.42. The highest BCUT2D eigenvalue weighted by Gasteiger charge is 2.39. The normalized spacial score (nSPS) is 21.2.